The molecular weight excluding hydrogens is 220 g/mol. The number of aromatic carboxylic acids is 1. The van der Waals surface area contributed by atoms with Gasteiger partial charge in [0, 0.05) is 0 Å². The normalized spacial score (nSPS) is 11.7. The van der Waals surface area contributed by atoms with E-state index in [1.807, 2.05) is 0 Å². The first-order chi connectivity index (χ1) is 6.81. The van der Waals surface area contributed by atoms with E-state index in [4.69, 9.17) is 9.52 Å². The largest absolute Gasteiger partial charge is 0.478 e. The van der Waals surface area contributed by atoms with Crippen LogP contribution in [0.15, 0.2) is 9.31 Å². The van der Waals surface area contributed by atoms with Gasteiger partial charge >= 0.3 is 5.97 Å². The standard InChI is InChI=1S/C9H12O5S/c1-4-15(12,13)8-6(3)14-5(2)7(8)9(10)11/h4H2,1-3H3,(H,10,11). The van der Waals surface area contributed by atoms with Gasteiger partial charge in [0.25, 0.3) is 0 Å². The van der Waals surface area contributed by atoms with E-state index in [-0.39, 0.29) is 27.7 Å². The van der Waals surface area contributed by atoms with E-state index in [9.17, 15) is 13.2 Å². The number of carbonyl (C=O) groups is 1. The third kappa shape index (κ3) is 1.90. The summed E-state index contributed by atoms with van der Waals surface area (Å²) in [6.45, 7) is 4.34. The zero-order valence-corrected chi connectivity index (χ0v) is 9.51. The van der Waals surface area contributed by atoms with Crippen LogP contribution in [-0.4, -0.2) is 25.2 Å². The van der Waals surface area contributed by atoms with E-state index in [1.54, 1.807) is 0 Å². The number of carboxylic acid groups (broad SMARTS) is 1. The van der Waals surface area contributed by atoms with Gasteiger partial charge in [-0.25, -0.2) is 13.2 Å². The molecule has 0 unspecified atom stereocenters. The van der Waals surface area contributed by atoms with Crippen LogP contribution < -0.4 is 0 Å². The van der Waals surface area contributed by atoms with Crippen molar-refractivity contribution in [3.05, 3.63) is 17.1 Å². The summed E-state index contributed by atoms with van der Waals surface area (Å²) in [7, 11) is -3.56. The second-order valence-electron chi connectivity index (χ2n) is 3.13. The molecule has 5 nitrogen and oxygen atoms in total. The first-order valence-corrected chi connectivity index (χ1v) is 6.02. The first-order valence-electron chi connectivity index (χ1n) is 4.37. The lowest BCUT2D eigenvalue weighted by atomic mass is 10.2. The monoisotopic (exact) mass is 232 g/mol. The van der Waals surface area contributed by atoms with Crippen LogP contribution in [0.5, 0.6) is 0 Å². The number of aryl methyl sites for hydroxylation is 2. The van der Waals surface area contributed by atoms with Crippen LogP contribution in [0.3, 0.4) is 0 Å². The molecular formula is C9H12O5S. The lowest BCUT2D eigenvalue weighted by molar-refractivity contribution is 0.0691. The number of carboxylic acids is 1. The number of hydrogen-bond acceptors (Lipinski definition) is 4. The van der Waals surface area contributed by atoms with Crippen molar-refractivity contribution in [1.29, 1.82) is 0 Å². The molecule has 1 heterocycles. The summed E-state index contributed by atoms with van der Waals surface area (Å²) in [5, 5.41) is 8.89. The maximum atomic E-state index is 11.6. The van der Waals surface area contributed by atoms with Gasteiger partial charge in [-0.3, -0.25) is 0 Å². The van der Waals surface area contributed by atoms with Crippen LogP contribution in [0.25, 0.3) is 0 Å². The van der Waals surface area contributed by atoms with Crippen LogP contribution in [0.4, 0.5) is 0 Å². The van der Waals surface area contributed by atoms with Gasteiger partial charge in [-0.15, -0.1) is 0 Å². The molecule has 1 aromatic rings. The van der Waals surface area contributed by atoms with Crippen molar-refractivity contribution in [1.82, 2.24) is 0 Å². The number of rotatable bonds is 3. The smallest absolute Gasteiger partial charge is 0.340 e. The van der Waals surface area contributed by atoms with Crippen molar-refractivity contribution in [2.45, 2.75) is 25.7 Å². The van der Waals surface area contributed by atoms with E-state index in [1.165, 1.54) is 20.8 Å². The van der Waals surface area contributed by atoms with Crippen LogP contribution >= 0.6 is 0 Å². The van der Waals surface area contributed by atoms with Crippen molar-refractivity contribution < 1.29 is 22.7 Å². The van der Waals surface area contributed by atoms with Crippen molar-refractivity contribution in [3.8, 4) is 0 Å². The van der Waals surface area contributed by atoms with Crippen molar-refractivity contribution in [2.75, 3.05) is 5.75 Å². The van der Waals surface area contributed by atoms with Gasteiger partial charge in [0.05, 0.1) is 5.75 Å². The van der Waals surface area contributed by atoms with Gasteiger partial charge < -0.3 is 9.52 Å². The number of furan rings is 1. The van der Waals surface area contributed by atoms with Gasteiger partial charge in [-0.2, -0.15) is 0 Å². The molecule has 0 aliphatic heterocycles. The second kappa shape index (κ2) is 3.69. The lowest BCUT2D eigenvalue weighted by Gasteiger charge is -2.00. The average Bonchev–Trinajstić information content (AvgIpc) is 2.41. The summed E-state index contributed by atoms with van der Waals surface area (Å²) in [6.07, 6.45) is 0. The van der Waals surface area contributed by atoms with Gasteiger partial charge in [0.1, 0.15) is 22.0 Å². The van der Waals surface area contributed by atoms with Gasteiger partial charge in [0.2, 0.25) is 0 Å². The van der Waals surface area contributed by atoms with E-state index in [0.29, 0.717) is 0 Å². The maximum Gasteiger partial charge on any atom is 0.340 e. The SMILES string of the molecule is CCS(=O)(=O)c1c(C)oc(C)c1C(=O)O. The molecule has 0 bridgehead atoms. The van der Waals surface area contributed by atoms with Crippen LogP contribution in [0.1, 0.15) is 28.8 Å². The molecule has 84 valence electrons. The first kappa shape index (κ1) is 11.8. The minimum atomic E-state index is -3.56. The molecule has 0 amide bonds. The summed E-state index contributed by atoms with van der Waals surface area (Å²) in [6, 6.07) is 0. The van der Waals surface area contributed by atoms with Gasteiger partial charge in [-0.1, -0.05) is 6.92 Å². The molecule has 0 aliphatic rings. The van der Waals surface area contributed by atoms with Crippen LogP contribution in [0.2, 0.25) is 0 Å². The zero-order chi connectivity index (χ0) is 11.8. The molecule has 0 aliphatic carbocycles. The second-order valence-corrected chi connectivity index (χ2v) is 5.34. The molecule has 0 aromatic carbocycles. The Morgan fingerprint density at radius 1 is 1.33 bits per heavy atom. The highest BCUT2D eigenvalue weighted by Gasteiger charge is 2.29. The molecule has 0 saturated carbocycles. The molecule has 1 rings (SSSR count). The predicted molar refractivity (Wildman–Crippen MR) is 52.9 cm³/mol. The Kier molecular flexibility index (Phi) is 2.90. The minimum absolute atomic E-state index is 0.118. The Balaban J connectivity index is 3.61. The Morgan fingerprint density at radius 2 is 1.87 bits per heavy atom. The molecule has 1 N–H and O–H groups in total. The lowest BCUT2D eigenvalue weighted by Crippen LogP contribution is -2.10. The number of hydrogen-bond donors (Lipinski definition) is 1. The van der Waals surface area contributed by atoms with Crippen molar-refractivity contribution in [2.24, 2.45) is 0 Å². The fourth-order valence-electron chi connectivity index (χ4n) is 1.43. The average molecular weight is 232 g/mol. The predicted octanol–water partition coefficient (Wildman–Crippen LogP) is 1.39. The summed E-state index contributed by atoms with van der Waals surface area (Å²) >= 11 is 0. The Bertz CT molecular complexity index is 495. The third-order valence-corrected chi connectivity index (χ3v) is 3.98. The summed E-state index contributed by atoms with van der Waals surface area (Å²) in [4.78, 5) is 10.7. The van der Waals surface area contributed by atoms with Gasteiger partial charge in [0.15, 0.2) is 9.84 Å². The number of sulfone groups is 1. The Labute approximate surface area is 87.6 Å². The molecule has 0 fully saturated rings. The van der Waals surface area contributed by atoms with E-state index < -0.39 is 15.8 Å². The molecule has 1 aromatic heterocycles. The fourth-order valence-corrected chi connectivity index (χ4v) is 2.74. The quantitative estimate of drug-likeness (QED) is 0.851. The van der Waals surface area contributed by atoms with E-state index >= 15 is 0 Å². The maximum absolute atomic E-state index is 11.6. The zero-order valence-electron chi connectivity index (χ0n) is 8.70. The molecule has 0 radical (unpaired) electrons. The highest BCUT2D eigenvalue weighted by Crippen LogP contribution is 2.27. The van der Waals surface area contributed by atoms with Crippen LogP contribution in [-0.2, 0) is 9.84 Å². The molecule has 0 saturated heterocycles. The van der Waals surface area contributed by atoms with Gasteiger partial charge in [-0.05, 0) is 13.8 Å². The van der Waals surface area contributed by atoms with Crippen molar-refractivity contribution in [3.63, 3.8) is 0 Å². The highest BCUT2D eigenvalue weighted by atomic mass is 32.2. The topological polar surface area (TPSA) is 84.6 Å². The van der Waals surface area contributed by atoms with Crippen LogP contribution in [0, 0.1) is 13.8 Å². The third-order valence-electron chi connectivity index (χ3n) is 2.11. The molecule has 6 heteroatoms. The molecule has 0 atom stereocenters. The fraction of sp³-hybridized carbons (Fsp3) is 0.444. The van der Waals surface area contributed by atoms with E-state index in [2.05, 4.69) is 0 Å². The highest BCUT2D eigenvalue weighted by molar-refractivity contribution is 7.91. The molecule has 15 heavy (non-hydrogen) atoms. The summed E-state index contributed by atoms with van der Waals surface area (Å²) in [5.74, 6) is -1.18. The molecule has 0 spiro atoms. The summed E-state index contributed by atoms with van der Waals surface area (Å²) < 4.78 is 28.3. The Morgan fingerprint density at radius 3 is 2.27 bits per heavy atom. The van der Waals surface area contributed by atoms with Crippen molar-refractivity contribution >= 4 is 15.8 Å². The minimum Gasteiger partial charge on any atom is -0.478 e. The Hall–Kier alpha value is -1.30. The van der Waals surface area contributed by atoms with E-state index in [0.717, 1.165) is 0 Å². The summed E-state index contributed by atoms with van der Waals surface area (Å²) in [5.41, 5.74) is -0.255.